The Balaban J connectivity index is 1.60. The number of hydrogen-bond donors (Lipinski definition) is 0. The Kier molecular flexibility index (Phi) is 2.57. The van der Waals surface area contributed by atoms with Gasteiger partial charge < -0.3 is 4.74 Å². The maximum atomic E-state index is 11.6. The van der Waals surface area contributed by atoms with Crippen molar-refractivity contribution in [2.75, 3.05) is 0 Å². The summed E-state index contributed by atoms with van der Waals surface area (Å²) in [4.78, 5) is 15.4. The largest absolute Gasteiger partial charge is 0.462 e. The van der Waals surface area contributed by atoms with Crippen molar-refractivity contribution in [2.24, 2.45) is 28.6 Å². The number of ether oxygens (including phenoxy) is 1. The van der Waals surface area contributed by atoms with E-state index in [1.54, 1.807) is 6.08 Å². The molecule has 2 saturated carbocycles. The first-order chi connectivity index (χ1) is 18.1. The van der Waals surface area contributed by atoms with Crippen LogP contribution in [0.4, 0.5) is 0 Å². The lowest BCUT2D eigenvalue weighted by atomic mass is 9.47. The molecule has 3 unspecified atom stereocenters. The normalized spacial score (nSPS) is 46.7. The van der Waals surface area contributed by atoms with Gasteiger partial charge in [-0.2, -0.15) is 0 Å². The molecule has 0 aliphatic heterocycles. The molecule has 4 aliphatic carbocycles. The minimum Gasteiger partial charge on any atom is -0.462 e. The Hall–Kier alpha value is -1.90. The van der Waals surface area contributed by atoms with E-state index in [1.165, 1.54) is 6.92 Å². The lowest BCUT2D eigenvalue weighted by molar-refractivity contribution is -0.148. The van der Waals surface area contributed by atoms with Crippen molar-refractivity contribution in [3.05, 3.63) is 47.7 Å². The zero-order valence-electron chi connectivity index (χ0n) is 26.7. The number of aromatic nitrogens is 1. The van der Waals surface area contributed by atoms with E-state index in [0.29, 0.717) is 44.1 Å². The molecule has 0 N–H and O–H groups in total. The fraction of sp³-hybridized carbons (Fsp3) is 0.615. The van der Waals surface area contributed by atoms with Crippen LogP contribution in [0.1, 0.15) is 84.8 Å². The molecule has 29 heavy (non-hydrogen) atoms. The van der Waals surface area contributed by atoms with Gasteiger partial charge in [0.2, 0.25) is 0 Å². The highest BCUT2D eigenvalue weighted by atomic mass is 16.5. The van der Waals surface area contributed by atoms with Crippen molar-refractivity contribution in [3.63, 3.8) is 0 Å². The Morgan fingerprint density at radius 2 is 2.07 bits per heavy atom. The molecule has 3 nitrogen and oxygen atoms in total. The number of nitrogens with zero attached hydrogens (tertiary/aromatic N) is 1. The van der Waals surface area contributed by atoms with Gasteiger partial charge in [0.15, 0.2) is 0 Å². The molecule has 2 fully saturated rings. The summed E-state index contributed by atoms with van der Waals surface area (Å²) < 4.78 is 90.4. The van der Waals surface area contributed by atoms with Crippen LogP contribution in [-0.4, -0.2) is 17.1 Å². The van der Waals surface area contributed by atoms with Crippen molar-refractivity contribution in [2.45, 2.75) is 71.7 Å². The maximum absolute atomic E-state index is 11.6. The second-order valence-electron chi connectivity index (χ2n) is 9.11. The highest BCUT2D eigenvalue weighted by molar-refractivity contribution is 5.72. The summed E-state index contributed by atoms with van der Waals surface area (Å²) >= 11 is 0. The van der Waals surface area contributed by atoms with Crippen molar-refractivity contribution >= 4 is 11.5 Å². The molecule has 4 aliphatic rings. The van der Waals surface area contributed by atoms with Crippen LogP contribution in [0.15, 0.2) is 42.2 Å². The standard InChI is InChI=1S/C26H33NO2/c1-17(28)29-20-10-12-25(2)19(15-20)6-7-21-23-9-8-22(18-5-4-14-27-16-18)26(23,3)13-11-24(21)25/h4-6,8,14,16,20-21,23-24H,7,9-13,15H2,1-3H3/t20-,21?,23?,24?,25-,26+/m0/s1/i2D3,3D3,4D,5D,14D,16D. The summed E-state index contributed by atoms with van der Waals surface area (Å²) in [6.07, 6.45) is 4.95. The van der Waals surface area contributed by atoms with E-state index in [0.717, 1.165) is 5.57 Å². The van der Waals surface area contributed by atoms with Gasteiger partial charge in [0, 0.05) is 33.9 Å². The third-order valence-corrected chi connectivity index (χ3v) is 7.79. The van der Waals surface area contributed by atoms with Crippen LogP contribution in [0, 0.1) is 28.6 Å². The first-order valence-electron chi connectivity index (χ1n) is 15.6. The van der Waals surface area contributed by atoms with E-state index in [9.17, 15) is 4.79 Å². The summed E-state index contributed by atoms with van der Waals surface area (Å²) in [5.41, 5.74) is -1.44. The average Bonchev–Trinajstić information content (AvgIpc) is 3.22. The topological polar surface area (TPSA) is 39.2 Å². The van der Waals surface area contributed by atoms with Crippen LogP contribution in [0.2, 0.25) is 0 Å². The molecule has 0 amide bonds. The van der Waals surface area contributed by atoms with E-state index in [-0.39, 0.29) is 42.1 Å². The van der Waals surface area contributed by atoms with Crippen LogP contribution in [0.3, 0.4) is 0 Å². The summed E-state index contributed by atoms with van der Waals surface area (Å²) in [6.45, 7) is -3.48. The number of esters is 1. The number of allylic oxidation sites excluding steroid dienone is 3. The summed E-state index contributed by atoms with van der Waals surface area (Å²) in [6, 6.07) is -0.818. The molecule has 154 valence electrons. The molecule has 5 rings (SSSR count). The van der Waals surface area contributed by atoms with Crippen LogP contribution in [-0.2, 0) is 9.53 Å². The van der Waals surface area contributed by atoms with E-state index >= 15 is 0 Å². The fourth-order valence-corrected chi connectivity index (χ4v) is 6.57. The second-order valence-corrected chi connectivity index (χ2v) is 9.11. The SMILES string of the molecule is [2H]c1nc([2H])c(C2=CCC3C4CC=C5C[C@@H](OC(C)=O)CC[C@]5(C([2H])([2H])[2H])C4CC[C@]23C([2H])([2H])[2H])c([2H])c1[2H]. The number of fused-ring (bicyclic) bond motifs is 5. The number of carbonyl (C=O) groups excluding carboxylic acids is 1. The number of pyridine rings is 1. The number of hydrogen-bond acceptors (Lipinski definition) is 3. The molecule has 1 aromatic heterocycles. The second kappa shape index (κ2) is 6.82. The van der Waals surface area contributed by atoms with Gasteiger partial charge in [-0.05, 0) is 84.3 Å². The fourth-order valence-electron chi connectivity index (χ4n) is 6.57. The molecular weight excluding hydrogens is 358 g/mol. The van der Waals surface area contributed by atoms with Crippen LogP contribution >= 0.6 is 0 Å². The molecule has 0 radical (unpaired) electrons. The van der Waals surface area contributed by atoms with Gasteiger partial charge in [0.05, 0.1) is 5.48 Å². The van der Waals surface area contributed by atoms with Gasteiger partial charge >= 0.3 is 5.97 Å². The van der Waals surface area contributed by atoms with E-state index < -0.39 is 48.6 Å². The monoisotopic (exact) mass is 401 g/mol. The third-order valence-electron chi connectivity index (χ3n) is 7.79. The predicted molar refractivity (Wildman–Crippen MR) is 115 cm³/mol. The lowest BCUT2D eigenvalue weighted by Gasteiger charge is -2.57. The van der Waals surface area contributed by atoms with E-state index in [4.69, 9.17) is 18.4 Å². The smallest absolute Gasteiger partial charge is 0.302 e. The van der Waals surface area contributed by atoms with Gasteiger partial charge in [-0.25, -0.2) is 0 Å². The molecular formula is C26H33NO2. The van der Waals surface area contributed by atoms with Gasteiger partial charge in [-0.3, -0.25) is 9.78 Å². The Morgan fingerprint density at radius 1 is 1.21 bits per heavy atom. The minimum absolute atomic E-state index is 0.00691. The molecule has 1 heterocycles. The molecule has 0 spiro atoms. The molecule has 6 atom stereocenters. The van der Waals surface area contributed by atoms with Gasteiger partial charge in [0.1, 0.15) is 6.10 Å². The molecule has 0 bridgehead atoms. The first kappa shape index (κ1) is 10.9. The Bertz CT molecular complexity index is 1270. The zero-order chi connectivity index (χ0) is 28.7. The average molecular weight is 402 g/mol. The van der Waals surface area contributed by atoms with Gasteiger partial charge in [-0.15, -0.1) is 0 Å². The van der Waals surface area contributed by atoms with Crippen molar-refractivity contribution in [1.29, 1.82) is 0 Å². The van der Waals surface area contributed by atoms with E-state index in [2.05, 4.69) is 4.98 Å². The number of carbonyl (C=O) groups is 1. The first-order valence-corrected chi connectivity index (χ1v) is 10.6. The number of rotatable bonds is 2. The van der Waals surface area contributed by atoms with Crippen LogP contribution in [0.5, 0.6) is 0 Å². The summed E-state index contributed by atoms with van der Waals surface area (Å²) in [5, 5.41) is 0. The molecule has 0 saturated heterocycles. The Morgan fingerprint density at radius 3 is 2.90 bits per heavy atom. The predicted octanol–water partition coefficient (Wildman–Crippen LogP) is 5.97. The zero-order valence-corrected chi connectivity index (χ0v) is 16.7. The highest BCUT2D eigenvalue weighted by Gasteiger charge is 2.56. The summed E-state index contributed by atoms with van der Waals surface area (Å²) in [7, 11) is 0. The molecule has 3 heteroatoms. The molecule has 0 aromatic carbocycles. The van der Waals surface area contributed by atoms with Crippen molar-refractivity contribution in [3.8, 4) is 0 Å². The van der Waals surface area contributed by atoms with Crippen molar-refractivity contribution < 1.29 is 23.2 Å². The highest BCUT2D eigenvalue weighted by Crippen LogP contribution is 2.66. The van der Waals surface area contributed by atoms with Crippen LogP contribution < -0.4 is 0 Å². The quantitative estimate of drug-likeness (QED) is 0.453. The van der Waals surface area contributed by atoms with Crippen molar-refractivity contribution in [1.82, 2.24) is 4.98 Å². The van der Waals surface area contributed by atoms with Crippen LogP contribution in [0.25, 0.3) is 5.57 Å². The molecule has 1 aromatic rings. The minimum atomic E-state index is -2.50. The van der Waals surface area contributed by atoms with Gasteiger partial charge in [-0.1, -0.05) is 37.5 Å². The maximum Gasteiger partial charge on any atom is 0.302 e. The lowest BCUT2D eigenvalue weighted by Crippen LogP contribution is -2.50. The third kappa shape index (κ3) is 2.92. The Labute approximate surface area is 188 Å². The summed E-state index contributed by atoms with van der Waals surface area (Å²) in [5.74, 6) is -1.37. The van der Waals surface area contributed by atoms with E-state index in [1.807, 2.05) is 6.08 Å². The van der Waals surface area contributed by atoms with Gasteiger partial charge in [0.25, 0.3) is 0 Å².